The fourth-order valence-electron chi connectivity index (χ4n) is 2.83. The van der Waals surface area contributed by atoms with Crippen molar-refractivity contribution in [1.82, 2.24) is 4.90 Å². The van der Waals surface area contributed by atoms with Crippen molar-refractivity contribution < 1.29 is 35.6 Å². The Morgan fingerprint density at radius 3 is 2.43 bits per heavy atom. The predicted octanol–water partition coefficient (Wildman–Crippen LogP) is 3.33. The second kappa shape index (κ2) is 11.8. The Hall–Kier alpha value is 0.295. The molecule has 0 aliphatic carbocycles. The predicted molar refractivity (Wildman–Crippen MR) is 86.0 cm³/mol. The largest absolute Gasteiger partial charge is 0.655 e. The zero-order chi connectivity index (χ0) is 14.0. The van der Waals surface area contributed by atoms with Crippen molar-refractivity contribution in [2.24, 2.45) is 5.73 Å². The maximum absolute atomic E-state index is 5.56. The Kier molecular flexibility index (Phi) is 10.9. The van der Waals surface area contributed by atoms with Crippen molar-refractivity contribution in [3.63, 3.8) is 0 Å². The molecule has 1 aromatic carbocycles. The van der Waals surface area contributed by atoms with Crippen LogP contribution in [0.2, 0.25) is 0 Å². The van der Waals surface area contributed by atoms with E-state index in [4.69, 9.17) is 11.1 Å². The summed E-state index contributed by atoms with van der Waals surface area (Å²) >= 11 is 0. The standard InChI is InChI=1S/C17H28N3.La/c18-11-5-6-12-19-17(16-9-3-1-4-10-16)15-20-13-7-2-8-14-20;/h1,3-4,9-10,17H,2,5-8,11-15,18H2;/q-1;. The van der Waals surface area contributed by atoms with Gasteiger partial charge in [0.1, 0.15) is 0 Å². The fourth-order valence-corrected chi connectivity index (χ4v) is 2.83. The van der Waals surface area contributed by atoms with Gasteiger partial charge in [-0.25, -0.2) is 0 Å². The molecule has 1 aromatic rings. The normalized spacial score (nSPS) is 17.2. The molecule has 3 nitrogen and oxygen atoms in total. The Balaban J connectivity index is 0.00000220. The summed E-state index contributed by atoms with van der Waals surface area (Å²) < 4.78 is 0. The SMILES string of the molecule is NCCCC[N-]C(CN1CCCCC1)c1ccccc1.[La]. The van der Waals surface area contributed by atoms with Gasteiger partial charge in [-0.05, 0) is 45.4 Å². The first kappa shape index (κ1) is 19.3. The van der Waals surface area contributed by atoms with Gasteiger partial charge < -0.3 is 16.0 Å². The van der Waals surface area contributed by atoms with Crippen molar-refractivity contribution in [2.75, 3.05) is 32.7 Å². The fraction of sp³-hybridized carbons (Fsp3) is 0.647. The molecule has 1 atom stereocenters. The molecule has 2 rings (SSSR count). The number of nitrogens with two attached hydrogens (primary N) is 1. The van der Waals surface area contributed by atoms with E-state index in [9.17, 15) is 0 Å². The van der Waals surface area contributed by atoms with E-state index in [1.165, 1.54) is 37.9 Å². The molecule has 1 aliphatic rings. The number of unbranched alkanes of at least 4 members (excludes halogenated alkanes) is 1. The minimum absolute atomic E-state index is 0. The zero-order valence-electron chi connectivity index (χ0n) is 13.1. The molecule has 1 heterocycles. The van der Waals surface area contributed by atoms with Gasteiger partial charge in [0.05, 0.1) is 0 Å². The molecule has 0 bridgehead atoms. The van der Waals surface area contributed by atoms with E-state index in [1.807, 2.05) is 0 Å². The van der Waals surface area contributed by atoms with Crippen LogP contribution in [0.25, 0.3) is 5.32 Å². The Bertz CT molecular complexity index is 352. The van der Waals surface area contributed by atoms with E-state index in [2.05, 4.69) is 35.2 Å². The summed E-state index contributed by atoms with van der Waals surface area (Å²) in [5.41, 5.74) is 6.91. The maximum atomic E-state index is 5.56. The average Bonchev–Trinajstić information content (AvgIpc) is 2.52. The first-order valence-corrected chi connectivity index (χ1v) is 8.04. The van der Waals surface area contributed by atoms with Gasteiger partial charge in [0, 0.05) is 35.6 Å². The Morgan fingerprint density at radius 1 is 1.05 bits per heavy atom. The maximum Gasteiger partial charge on any atom is 0 e. The van der Waals surface area contributed by atoms with E-state index in [-0.39, 0.29) is 35.6 Å². The monoisotopic (exact) mass is 413 g/mol. The molecule has 1 aliphatic heterocycles. The molecular formula is C17H28LaN3-. The second-order valence-corrected chi connectivity index (χ2v) is 5.69. The van der Waals surface area contributed by atoms with Crippen molar-refractivity contribution in [3.05, 3.63) is 41.2 Å². The van der Waals surface area contributed by atoms with Gasteiger partial charge in [-0.3, -0.25) is 0 Å². The second-order valence-electron chi connectivity index (χ2n) is 5.69. The van der Waals surface area contributed by atoms with Gasteiger partial charge in [-0.2, -0.15) is 0 Å². The molecule has 1 saturated heterocycles. The molecule has 21 heavy (non-hydrogen) atoms. The number of rotatable bonds is 8. The van der Waals surface area contributed by atoms with Crippen LogP contribution in [-0.4, -0.2) is 37.6 Å². The van der Waals surface area contributed by atoms with E-state index >= 15 is 0 Å². The van der Waals surface area contributed by atoms with E-state index in [0.29, 0.717) is 6.04 Å². The van der Waals surface area contributed by atoms with Crippen LogP contribution in [0.4, 0.5) is 0 Å². The Morgan fingerprint density at radius 2 is 1.76 bits per heavy atom. The number of benzene rings is 1. The topological polar surface area (TPSA) is 43.4 Å². The molecule has 1 unspecified atom stereocenters. The van der Waals surface area contributed by atoms with Crippen LogP contribution in [0.5, 0.6) is 0 Å². The van der Waals surface area contributed by atoms with Gasteiger partial charge in [0.15, 0.2) is 0 Å². The quantitative estimate of drug-likeness (QED) is 0.665. The summed E-state index contributed by atoms with van der Waals surface area (Å²) in [6, 6.07) is 11.1. The molecule has 0 aromatic heterocycles. The third-order valence-electron chi connectivity index (χ3n) is 4.03. The summed E-state index contributed by atoms with van der Waals surface area (Å²) in [5, 5.41) is 4.93. The van der Waals surface area contributed by atoms with Crippen LogP contribution in [0, 0.1) is 35.6 Å². The van der Waals surface area contributed by atoms with Crippen LogP contribution in [-0.2, 0) is 0 Å². The molecule has 0 amide bonds. The molecule has 1 fully saturated rings. The van der Waals surface area contributed by atoms with Crippen molar-refractivity contribution in [2.45, 2.75) is 38.1 Å². The first-order chi connectivity index (χ1) is 9.90. The molecule has 4 heteroatoms. The molecule has 0 spiro atoms. The number of nitrogens with zero attached hydrogens (tertiary/aromatic N) is 2. The third-order valence-corrected chi connectivity index (χ3v) is 4.03. The van der Waals surface area contributed by atoms with Gasteiger partial charge in [-0.15, -0.1) is 6.54 Å². The molecule has 1 radical (unpaired) electrons. The summed E-state index contributed by atoms with van der Waals surface area (Å²) in [5.74, 6) is 0. The first-order valence-electron chi connectivity index (χ1n) is 8.04. The summed E-state index contributed by atoms with van der Waals surface area (Å²) in [6.07, 6.45) is 6.26. The summed E-state index contributed by atoms with van der Waals surface area (Å²) in [6.45, 7) is 5.26. The Labute approximate surface area is 157 Å². The summed E-state index contributed by atoms with van der Waals surface area (Å²) in [7, 11) is 0. The van der Waals surface area contributed by atoms with Crippen LogP contribution < -0.4 is 5.73 Å². The van der Waals surface area contributed by atoms with Crippen molar-refractivity contribution in [3.8, 4) is 0 Å². The van der Waals surface area contributed by atoms with Crippen molar-refractivity contribution >= 4 is 0 Å². The number of hydrogen-bond donors (Lipinski definition) is 1. The van der Waals surface area contributed by atoms with E-state index in [0.717, 1.165) is 32.5 Å². The van der Waals surface area contributed by atoms with Crippen LogP contribution in [0.1, 0.15) is 43.7 Å². The number of likely N-dealkylation sites (tertiary alicyclic amines) is 1. The minimum Gasteiger partial charge on any atom is -0.655 e. The number of hydrogen-bond acceptors (Lipinski definition) is 2. The van der Waals surface area contributed by atoms with Crippen molar-refractivity contribution in [1.29, 1.82) is 0 Å². The van der Waals surface area contributed by atoms with Crippen LogP contribution in [0.15, 0.2) is 30.3 Å². The molecular weight excluding hydrogens is 385 g/mol. The third kappa shape index (κ3) is 7.40. The molecule has 2 N–H and O–H groups in total. The summed E-state index contributed by atoms with van der Waals surface area (Å²) in [4.78, 5) is 2.58. The van der Waals surface area contributed by atoms with E-state index < -0.39 is 0 Å². The molecule has 115 valence electrons. The van der Waals surface area contributed by atoms with Gasteiger partial charge >= 0.3 is 0 Å². The zero-order valence-corrected chi connectivity index (χ0v) is 16.7. The van der Waals surface area contributed by atoms with E-state index in [1.54, 1.807) is 0 Å². The van der Waals surface area contributed by atoms with Crippen LogP contribution in [0.3, 0.4) is 0 Å². The molecule has 0 saturated carbocycles. The average molecular weight is 413 g/mol. The van der Waals surface area contributed by atoms with Gasteiger partial charge in [-0.1, -0.05) is 54.8 Å². The smallest absolute Gasteiger partial charge is 0 e. The minimum atomic E-state index is 0. The van der Waals surface area contributed by atoms with Crippen LogP contribution >= 0.6 is 0 Å². The number of piperidine rings is 1. The van der Waals surface area contributed by atoms with Gasteiger partial charge in [0.2, 0.25) is 0 Å². The van der Waals surface area contributed by atoms with Gasteiger partial charge in [0.25, 0.3) is 0 Å².